The maximum atomic E-state index is 11.3. The first-order valence-corrected chi connectivity index (χ1v) is 4.56. The van der Waals surface area contributed by atoms with Gasteiger partial charge in [-0.05, 0) is 6.42 Å². The highest BCUT2D eigenvalue weighted by molar-refractivity contribution is 5.77. The van der Waals surface area contributed by atoms with Gasteiger partial charge in [0.25, 0.3) is 0 Å². The van der Waals surface area contributed by atoms with Gasteiger partial charge in [0.1, 0.15) is 0 Å². The standard InChI is InChI=1S/C10H17NO3/c1-4-5-6-9(12)11(3)7-8(2)10(13)14/h4,8H,1,5-7H2,2-3H3,(H,13,14). The second-order valence-corrected chi connectivity index (χ2v) is 3.34. The van der Waals surface area contributed by atoms with Crippen molar-refractivity contribution in [3.8, 4) is 0 Å². The van der Waals surface area contributed by atoms with Crippen LogP contribution in [0.5, 0.6) is 0 Å². The molecule has 4 heteroatoms. The molecule has 0 rings (SSSR count). The zero-order valence-corrected chi connectivity index (χ0v) is 8.69. The van der Waals surface area contributed by atoms with E-state index in [2.05, 4.69) is 6.58 Å². The summed E-state index contributed by atoms with van der Waals surface area (Å²) in [4.78, 5) is 23.3. The molecule has 0 heterocycles. The molecule has 0 saturated carbocycles. The van der Waals surface area contributed by atoms with E-state index in [9.17, 15) is 9.59 Å². The molecule has 14 heavy (non-hydrogen) atoms. The van der Waals surface area contributed by atoms with Crippen LogP contribution in [0.2, 0.25) is 0 Å². The fourth-order valence-electron chi connectivity index (χ4n) is 1.01. The van der Waals surface area contributed by atoms with Gasteiger partial charge in [-0.1, -0.05) is 13.0 Å². The number of carboxylic acid groups (broad SMARTS) is 1. The second-order valence-electron chi connectivity index (χ2n) is 3.34. The quantitative estimate of drug-likeness (QED) is 0.652. The molecule has 4 nitrogen and oxygen atoms in total. The van der Waals surface area contributed by atoms with Crippen LogP contribution in [-0.2, 0) is 9.59 Å². The Labute approximate surface area is 84.2 Å². The molecule has 0 radical (unpaired) electrons. The van der Waals surface area contributed by atoms with E-state index in [0.29, 0.717) is 12.8 Å². The number of nitrogens with zero attached hydrogens (tertiary/aromatic N) is 1. The summed E-state index contributed by atoms with van der Waals surface area (Å²) in [5.74, 6) is -1.45. The van der Waals surface area contributed by atoms with Gasteiger partial charge in [0, 0.05) is 20.0 Å². The minimum atomic E-state index is -0.881. The molecule has 0 saturated heterocycles. The Morgan fingerprint density at radius 3 is 2.57 bits per heavy atom. The first-order chi connectivity index (χ1) is 6.49. The molecule has 0 aromatic heterocycles. The van der Waals surface area contributed by atoms with Gasteiger partial charge in [-0.2, -0.15) is 0 Å². The van der Waals surface area contributed by atoms with Crippen LogP contribution in [0.1, 0.15) is 19.8 Å². The van der Waals surface area contributed by atoms with E-state index >= 15 is 0 Å². The van der Waals surface area contributed by atoms with E-state index in [1.807, 2.05) is 0 Å². The Hall–Kier alpha value is -1.32. The van der Waals surface area contributed by atoms with Gasteiger partial charge >= 0.3 is 5.97 Å². The predicted octanol–water partition coefficient (Wildman–Crippen LogP) is 1.13. The molecular weight excluding hydrogens is 182 g/mol. The SMILES string of the molecule is C=CCCC(=O)N(C)CC(C)C(=O)O. The highest BCUT2D eigenvalue weighted by Crippen LogP contribution is 2.01. The van der Waals surface area contributed by atoms with Crippen molar-refractivity contribution in [2.75, 3.05) is 13.6 Å². The molecule has 0 fully saturated rings. The molecular formula is C10H17NO3. The lowest BCUT2D eigenvalue weighted by atomic mass is 10.1. The smallest absolute Gasteiger partial charge is 0.308 e. The lowest BCUT2D eigenvalue weighted by Crippen LogP contribution is -2.33. The molecule has 1 amide bonds. The Kier molecular flexibility index (Phi) is 5.60. The number of hydrogen-bond donors (Lipinski definition) is 1. The van der Waals surface area contributed by atoms with Crippen molar-refractivity contribution in [1.82, 2.24) is 4.90 Å². The summed E-state index contributed by atoms with van der Waals surface area (Å²) in [5.41, 5.74) is 0. The van der Waals surface area contributed by atoms with Crippen molar-refractivity contribution in [1.29, 1.82) is 0 Å². The minimum Gasteiger partial charge on any atom is -0.481 e. The van der Waals surface area contributed by atoms with Crippen molar-refractivity contribution in [2.45, 2.75) is 19.8 Å². The van der Waals surface area contributed by atoms with Gasteiger partial charge in [0.2, 0.25) is 5.91 Å². The molecule has 1 atom stereocenters. The van der Waals surface area contributed by atoms with Crippen LogP contribution in [0.4, 0.5) is 0 Å². The van der Waals surface area contributed by atoms with Crippen LogP contribution < -0.4 is 0 Å². The van der Waals surface area contributed by atoms with E-state index < -0.39 is 11.9 Å². The molecule has 1 unspecified atom stereocenters. The van der Waals surface area contributed by atoms with E-state index in [1.165, 1.54) is 4.90 Å². The normalized spacial score (nSPS) is 11.9. The van der Waals surface area contributed by atoms with Gasteiger partial charge in [-0.3, -0.25) is 9.59 Å². The highest BCUT2D eigenvalue weighted by atomic mass is 16.4. The summed E-state index contributed by atoms with van der Waals surface area (Å²) in [7, 11) is 1.62. The number of carboxylic acids is 1. The van der Waals surface area contributed by atoms with Crippen LogP contribution in [0.15, 0.2) is 12.7 Å². The maximum absolute atomic E-state index is 11.3. The van der Waals surface area contributed by atoms with Crippen LogP contribution in [-0.4, -0.2) is 35.5 Å². The van der Waals surface area contributed by atoms with Crippen molar-refractivity contribution < 1.29 is 14.7 Å². The number of amides is 1. The van der Waals surface area contributed by atoms with Crippen LogP contribution in [0.25, 0.3) is 0 Å². The van der Waals surface area contributed by atoms with E-state index in [0.717, 1.165) is 0 Å². The second kappa shape index (κ2) is 6.18. The number of aliphatic carboxylic acids is 1. The van der Waals surface area contributed by atoms with Crippen molar-refractivity contribution in [3.05, 3.63) is 12.7 Å². The average molecular weight is 199 g/mol. The van der Waals surface area contributed by atoms with Crippen LogP contribution in [0, 0.1) is 5.92 Å². The summed E-state index contributed by atoms with van der Waals surface area (Å²) < 4.78 is 0. The van der Waals surface area contributed by atoms with Gasteiger partial charge < -0.3 is 10.0 Å². The lowest BCUT2D eigenvalue weighted by molar-refractivity contribution is -0.142. The van der Waals surface area contributed by atoms with Crippen molar-refractivity contribution in [3.63, 3.8) is 0 Å². The Morgan fingerprint density at radius 2 is 2.14 bits per heavy atom. The minimum absolute atomic E-state index is 0.0435. The highest BCUT2D eigenvalue weighted by Gasteiger charge is 2.16. The van der Waals surface area contributed by atoms with E-state index in [1.54, 1.807) is 20.0 Å². The molecule has 0 spiro atoms. The molecule has 0 aromatic carbocycles. The fraction of sp³-hybridized carbons (Fsp3) is 0.600. The molecule has 0 aliphatic rings. The maximum Gasteiger partial charge on any atom is 0.308 e. The largest absolute Gasteiger partial charge is 0.481 e. The molecule has 80 valence electrons. The Bertz CT molecular complexity index is 225. The van der Waals surface area contributed by atoms with Gasteiger partial charge in [0.05, 0.1) is 5.92 Å². The van der Waals surface area contributed by atoms with Gasteiger partial charge in [-0.15, -0.1) is 6.58 Å². The number of rotatable bonds is 6. The van der Waals surface area contributed by atoms with Crippen molar-refractivity contribution >= 4 is 11.9 Å². The Morgan fingerprint density at radius 1 is 1.57 bits per heavy atom. The number of carbonyl (C=O) groups excluding carboxylic acids is 1. The predicted molar refractivity (Wildman–Crippen MR) is 53.9 cm³/mol. The zero-order valence-electron chi connectivity index (χ0n) is 8.69. The Balaban J connectivity index is 3.94. The van der Waals surface area contributed by atoms with E-state index in [-0.39, 0.29) is 12.5 Å². The average Bonchev–Trinajstić information content (AvgIpc) is 2.13. The first-order valence-electron chi connectivity index (χ1n) is 4.56. The number of carbonyl (C=O) groups is 2. The number of hydrogen-bond acceptors (Lipinski definition) is 2. The third-order valence-electron chi connectivity index (χ3n) is 1.96. The molecule has 0 aliphatic carbocycles. The zero-order chi connectivity index (χ0) is 11.1. The number of allylic oxidation sites excluding steroid dienone is 1. The van der Waals surface area contributed by atoms with Gasteiger partial charge in [0.15, 0.2) is 0 Å². The van der Waals surface area contributed by atoms with Crippen molar-refractivity contribution in [2.24, 2.45) is 5.92 Å². The summed E-state index contributed by atoms with van der Waals surface area (Å²) in [6.07, 6.45) is 2.70. The van der Waals surface area contributed by atoms with E-state index in [4.69, 9.17) is 5.11 Å². The molecule has 0 bridgehead atoms. The van der Waals surface area contributed by atoms with Gasteiger partial charge in [-0.25, -0.2) is 0 Å². The fourth-order valence-corrected chi connectivity index (χ4v) is 1.01. The first kappa shape index (κ1) is 12.7. The molecule has 0 aromatic rings. The summed E-state index contributed by atoms with van der Waals surface area (Å²) in [6, 6.07) is 0. The molecule has 1 N–H and O–H groups in total. The summed E-state index contributed by atoms with van der Waals surface area (Å²) in [6.45, 7) is 5.35. The monoisotopic (exact) mass is 199 g/mol. The topological polar surface area (TPSA) is 57.6 Å². The third-order valence-corrected chi connectivity index (χ3v) is 1.96. The third kappa shape index (κ3) is 4.64. The summed E-state index contributed by atoms with van der Waals surface area (Å²) in [5, 5.41) is 8.63. The van der Waals surface area contributed by atoms with Crippen LogP contribution >= 0.6 is 0 Å². The molecule has 0 aliphatic heterocycles. The lowest BCUT2D eigenvalue weighted by Gasteiger charge is -2.18. The summed E-state index contributed by atoms with van der Waals surface area (Å²) >= 11 is 0. The van der Waals surface area contributed by atoms with Crippen LogP contribution in [0.3, 0.4) is 0 Å².